The van der Waals surface area contributed by atoms with Crippen LogP contribution in [0.15, 0.2) is 48.3 Å². The van der Waals surface area contributed by atoms with Gasteiger partial charge < -0.3 is 0 Å². The molecule has 2 aliphatic rings. The lowest BCUT2D eigenvalue weighted by Crippen LogP contribution is -2.15. The van der Waals surface area contributed by atoms with Gasteiger partial charge in [-0.25, -0.2) is 0 Å². The lowest BCUT2D eigenvalue weighted by molar-refractivity contribution is 0.244. The van der Waals surface area contributed by atoms with Crippen molar-refractivity contribution < 1.29 is 4.39 Å². The molecule has 1 aromatic rings. The average molecular weight is 450 g/mol. The Bertz CT molecular complexity index is 768. The zero-order valence-corrected chi connectivity index (χ0v) is 20.8. The molecule has 2 aliphatic carbocycles. The zero-order valence-electron chi connectivity index (χ0n) is 20.8. The molecule has 33 heavy (non-hydrogen) atoms. The van der Waals surface area contributed by atoms with Crippen LogP contribution in [0.25, 0.3) is 0 Å². The zero-order chi connectivity index (χ0) is 23.3. The normalized spacial score (nSPS) is 26.4. The van der Waals surface area contributed by atoms with Crippen molar-refractivity contribution in [1.82, 2.24) is 0 Å². The highest BCUT2D eigenvalue weighted by Crippen LogP contribution is 2.38. The molecule has 0 unspecified atom stereocenters. The molecule has 0 N–H and O–H groups in total. The largest absolute Gasteiger partial charge is 0.199 e. The minimum Gasteiger partial charge on any atom is -0.195 e. The number of nitrogens with zero attached hydrogens (tertiary/aromatic N) is 1. The van der Waals surface area contributed by atoms with Crippen molar-refractivity contribution in [1.29, 1.82) is 5.26 Å². The highest BCUT2D eigenvalue weighted by atomic mass is 19.1. The Balaban J connectivity index is 1.21. The van der Waals surface area contributed by atoms with Gasteiger partial charge in [-0.2, -0.15) is 9.65 Å². The Morgan fingerprint density at radius 1 is 0.879 bits per heavy atom. The van der Waals surface area contributed by atoms with Gasteiger partial charge in [0.1, 0.15) is 6.07 Å². The van der Waals surface area contributed by atoms with Gasteiger partial charge in [-0.3, -0.25) is 0 Å². The van der Waals surface area contributed by atoms with Crippen LogP contribution in [-0.2, 0) is 6.42 Å². The van der Waals surface area contributed by atoms with Gasteiger partial charge in [0, 0.05) is 0 Å². The molecule has 0 spiro atoms. The van der Waals surface area contributed by atoms with Crippen molar-refractivity contribution in [2.45, 2.75) is 109 Å². The lowest BCUT2D eigenvalue weighted by atomic mass is 9.76. The summed E-state index contributed by atoms with van der Waals surface area (Å²) in [7, 11) is 0. The van der Waals surface area contributed by atoms with Crippen molar-refractivity contribution >= 4 is 0 Å². The van der Waals surface area contributed by atoms with Crippen LogP contribution < -0.4 is 0 Å². The molecule has 1 nitrogen and oxygen atoms in total. The third-order valence-corrected chi connectivity index (χ3v) is 8.37. The summed E-state index contributed by atoms with van der Waals surface area (Å²) >= 11 is 0. The Hall–Kier alpha value is -1.88. The fourth-order valence-corrected chi connectivity index (χ4v) is 6.10. The highest BCUT2D eigenvalue weighted by molar-refractivity contribution is 5.25. The topological polar surface area (TPSA) is 23.8 Å². The second-order valence-corrected chi connectivity index (χ2v) is 10.6. The molecule has 0 aromatic heterocycles. The average Bonchev–Trinajstić information content (AvgIpc) is 2.87. The van der Waals surface area contributed by atoms with E-state index in [0.717, 1.165) is 36.5 Å². The molecule has 0 saturated heterocycles. The van der Waals surface area contributed by atoms with Gasteiger partial charge in [0.15, 0.2) is 5.83 Å². The van der Waals surface area contributed by atoms with E-state index >= 15 is 0 Å². The Morgan fingerprint density at radius 3 is 1.97 bits per heavy atom. The first-order valence-electron chi connectivity index (χ1n) is 13.7. The van der Waals surface area contributed by atoms with Crippen LogP contribution in [0.4, 0.5) is 4.39 Å². The maximum Gasteiger partial charge on any atom is 0.199 e. The second kappa shape index (κ2) is 14.4. The molecule has 0 radical (unpaired) electrons. The molecule has 180 valence electrons. The van der Waals surface area contributed by atoms with Crippen LogP contribution >= 0.6 is 0 Å². The van der Waals surface area contributed by atoms with E-state index in [9.17, 15) is 4.39 Å². The Morgan fingerprint density at radius 2 is 1.42 bits per heavy atom. The Kier molecular flexibility index (Phi) is 11.2. The molecule has 3 rings (SSSR count). The molecular weight excluding hydrogens is 405 g/mol. The maximum absolute atomic E-state index is 12.7. The molecule has 0 aliphatic heterocycles. The number of halogens is 1. The number of benzene rings is 1. The summed E-state index contributed by atoms with van der Waals surface area (Å²) in [6.07, 6.45) is 25.2. The summed E-state index contributed by atoms with van der Waals surface area (Å²) < 4.78 is 12.7. The van der Waals surface area contributed by atoms with Crippen LogP contribution in [0, 0.1) is 29.1 Å². The first-order valence-corrected chi connectivity index (χ1v) is 13.7. The van der Waals surface area contributed by atoms with E-state index < -0.39 is 5.83 Å². The highest BCUT2D eigenvalue weighted by Gasteiger charge is 2.23. The number of hydrogen-bond acceptors (Lipinski definition) is 1. The first-order chi connectivity index (χ1) is 16.2. The molecule has 0 heterocycles. The first kappa shape index (κ1) is 25.7. The predicted molar refractivity (Wildman–Crippen MR) is 138 cm³/mol. The summed E-state index contributed by atoms with van der Waals surface area (Å²) in [6.45, 7) is 2.23. The summed E-state index contributed by atoms with van der Waals surface area (Å²) in [4.78, 5) is 0. The van der Waals surface area contributed by atoms with Crippen LogP contribution in [0.1, 0.15) is 114 Å². The molecule has 0 amide bonds. The Labute approximate surface area is 202 Å². The van der Waals surface area contributed by atoms with Crippen molar-refractivity contribution in [3.63, 3.8) is 0 Å². The van der Waals surface area contributed by atoms with Crippen LogP contribution in [-0.4, -0.2) is 0 Å². The van der Waals surface area contributed by atoms with E-state index in [0.29, 0.717) is 0 Å². The molecule has 0 atom stereocenters. The van der Waals surface area contributed by atoms with Gasteiger partial charge in [-0.1, -0.05) is 94.7 Å². The van der Waals surface area contributed by atoms with Gasteiger partial charge in [-0.05, 0) is 85.8 Å². The predicted octanol–water partition coefficient (Wildman–Crippen LogP) is 9.60. The van der Waals surface area contributed by atoms with E-state index in [1.807, 2.05) is 6.08 Å². The van der Waals surface area contributed by atoms with Crippen LogP contribution in [0.2, 0.25) is 0 Å². The van der Waals surface area contributed by atoms with Gasteiger partial charge in [-0.15, -0.1) is 0 Å². The van der Waals surface area contributed by atoms with Crippen molar-refractivity contribution in [3.8, 4) is 6.07 Å². The number of unbranched alkanes of at least 4 members (excludes halogenated alkanes) is 1. The summed E-state index contributed by atoms with van der Waals surface area (Å²) in [5.41, 5.74) is 3.03. The van der Waals surface area contributed by atoms with Gasteiger partial charge in [0.05, 0.1) is 0 Å². The standard InChI is InChI=1S/C31H44FN/c1-2-25-16-20-29(21-17-25)30-22-18-28(19-23-30)10-7-6-9-27-14-12-26(13-15-27)8-4-3-5-11-31(32)24-33/h3,5,11,16-17,20-21,26-28,30H,2,4,6-10,12-15,18-19,22-23H2,1H3/b5-3+,31-11-. The van der Waals surface area contributed by atoms with E-state index in [-0.39, 0.29) is 0 Å². The van der Waals surface area contributed by atoms with Crippen molar-refractivity contribution in [3.05, 3.63) is 59.4 Å². The van der Waals surface area contributed by atoms with E-state index in [2.05, 4.69) is 31.2 Å². The van der Waals surface area contributed by atoms with Crippen molar-refractivity contribution in [2.75, 3.05) is 0 Å². The van der Waals surface area contributed by atoms with E-state index in [4.69, 9.17) is 5.26 Å². The minimum absolute atomic E-state index is 0.711. The van der Waals surface area contributed by atoms with Gasteiger partial charge in [0.2, 0.25) is 0 Å². The quantitative estimate of drug-likeness (QED) is 0.187. The van der Waals surface area contributed by atoms with Crippen molar-refractivity contribution in [2.24, 2.45) is 17.8 Å². The maximum atomic E-state index is 12.7. The lowest BCUT2D eigenvalue weighted by Gasteiger charge is -2.30. The SMILES string of the molecule is CCc1ccc(C2CCC(CCCCC3CCC(CC/C=C/C=C(\F)C#N)CC3)CC2)cc1. The monoisotopic (exact) mass is 449 g/mol. The van der Waals surface area contributed by atoms with Crippen LogP contribution in [0.5, 0.6) is 0 Å². The van der Waals surface area contributed by atoms with Gasteiger partial charge in [0.25, 0.3) is 0 Å². The second-order valence-electron chi connectivity index (χ2n) is 10.6. The minimum atomic E-state index is -0.711. The fourth-order valence-electron chi connectivity index (χ4n) is 6.10. The molecule has 2 fully saturated rings. The molecule has 1 aromatic carbocycles. The van der Waals surface area contributed by atoms with E-state index in [1.54, 1.807) is 11.6 Å². The summed E-state index contributed by atoms with van der Waals surface area (Å²) in [5, 5.41) is 8.40. The third-order valence-electron chi connectivity index (χ3n) is 8.37. The smallest absolute Gasteiger partial charge is 0.195 e. The van der Waals surface area contributed by atoms with Gasteiger partial charge >= 0.3 is 0 Å². The molecule has 0 bridgehead atoms. The molecule has 2 heteroatoms. The third kappa shape index (κ3) is 9.11. The fraction of sp³-hybridized carbons (Fsp3) is 0.645. The number of aryl methyl sites for hydroxylation is 1. The molecular formula is C31H44FN. The number of nitriles is 1. The summed E-state index contributed by atoms with van der Waals surface area (Å²) in [6, 6.07) is 10.9. The van der Waals surface area contributed by atoms with E-state index in [1.165, 1.54) is 101 Å². The summed E-state index contributed by atoms with van der Waals surface area (Å²) in [5.74, 6) is 2.84. The number of allylic oxidation sites excluding steroid dienone is 4. The number of rotatable bonds is 11. The van der Waals surface area contributed by atoms with Crippen LogP contribution in [0.3, 0.4) is 0 Å². The number of hydrogen-bond donors (Lipinski definition) is 0. The molecule has 2 saturated carbocycles.